The van der Waals surface area contributed by atoms with Gasteiger partial charge in [-0.15, -0.1) is 11.3 Å². The highest BCUT2D eigenvalue weighted by atomic mass is 32.1. The van der Waals surface area contributed by atoms with Crippen molar-refractivity contribution >= 4 is 38.7 Å². The predicted molar refractivity (Wildman–Crippen MR) is 108 cm³/mol. The fourth-order valence-corrected chi connectivity index (χ4v) is 4.73. The molecule has 1 aliphatic heterocycles. The van der Waals surface area contributed by atoms with Crippen LogP contribution in [0.15, 0.2) is 42.5 Å². The SMILES string of the molecule is Cc1c(C(=O)N2CCN(c3ccccc3[N+](=O)[O-])CC2)sc2ccc(F)cc12. The van der Waals surface area contributed by atoms with Gasteiger partial charge in [-0.2, -0.15) is 0 Å². The van der Waals surface area contributed by atoms with Crippen LogP contribution >= 0.6 is 11.3 Å². The zero-order valence-electron chi connectivity index (χ0n) is 15.2. The molecule has 4 rings (SSSR count). The molecule has 0 aliphatic carbocycles. The normalized spacial score (nSPS) is 14.5. The standard InChI is InChI=1S/C20H18FN3O3S/c1-13-15-12-14(21)6-7-18(15)28-19(13)20(25)23-10-8-22(9-11-23)16-4-2-3-5-17(16)24(26)27/h2-7,12H,8-11H2,1H3. The van der Waals surface area contributed by atoms with E-state index in [0.717, 1.165) is 15.6 Å². The number of nitro benzene ring substituents is 1. The summed E-state index contributed by atoms with van der Waals surface area (Å²) in [5.74, 6) is -0.383. The number of thiophene rings is 1. The van der Waals surface area contributed by atoms with E-state index in [4.69, 9.17) is 0 Å². The number of carbonyl (C=O) groups is 1. The number of benzene rings is 2. The van der Waals surface area contributed by atoms with E-state index in [2.05, 4.69) is 0 Å². The molecule has 3 aromatic rings. The lowest BCUT2D eigenvalue weighted by atomic mass is 10.1. The Balaban J connectivity index is 1.52. The summed E-state index contributed by atoms with van der Waals surface area (Å²) in [6.07, 6.45) is 0. The number of halogens is 1. The first-order valence-electron chi connectivity index (χ1n) is 8.92. The van der Waals surface area contributed by atoms with Crippen LogP contribution in [0.5, 0.6) is 0 Å². The second-order valence-corrected chi connectivity index (χ2v) is 7.77. The van der Waals surface area contributed by atoms with Gasteiger partial charge in [-0.3, -0.25) is 14.9 Å². The Bertz CT molecular complexity index is 1070. The number of carbonyl (C=O) groups excluding carboxylic acids is 1. The molecule has 0 radical (unpaired) electrons. The number of nitrogens with zero attached hydrogens (tertiary/aromatic N) is 3. The van der Waals surface area contributed by atoms with Gasteiger partial charge in [-0.25, -0.2) is 4.39 Å². The van der Waals surface area contributed by atoms with Crippen molar-refractivity contribution in [1.29, 1.82) is 0 Å². The molecule has 0 bridgehead atoms. The van der Waals surface area contributed by atoms with E-state index in [1.165, 1.54) is 29.5 Å². The number of para-hydroxylation sites is 2. The second kappa shape index (κ2) is 7.20. The average molecular weight is 399 g/mol. The maximum Gasteiger partial charge on any atom is 0.292 e. The van der Waals surface area contributed by atoms with Crippen LogP contribution in [0.1, 0.15) is 15.2 Å². The van der Waals surface area contributed by atoms with E-state index in [1.54, 1.807) is 29.2 Å². The zero-order chi connectivity index (χ0) is 19.8. The molecule has 0 unspecified atom stereocenters. The molecule has 1 saturated heterocycles. The van der Waals surface area contributed by atoms with Crippen LogP contribution in [0.4, 0.5) is 15.8 Å². The summed E-state index contributed by atoms with van der Waals surface area (Å²) in [6, 6.07) is 11.2. The highest BCUT2D eigenvalue weighted by Crippen LogP contribution is 2.33. The van der Waals surface area contributed by atoms with E-state index in [9.17, 15) is 19.3 Å². The van der Waals surface area contributed by atoms with E-state index < -0.39 is 0 Å². The molecule has 144 valence electrons. The molecule has 0 saturated carbocycles. The van der Waals surface area contributed by atoms with Gasteiger partial charge in [0.1, 0.15) is 11.5 Å². The second-order valence-electron chi connectivity index (χ2n) is 6.72. The molecule has 0 spiro atoms. The van der Waals surface area contributed by atoms with Gasteiger partial charge in [0.2, 0.25) is 0 Å². The molecule has 1 fully saturated rings. The lowest BCUT2D eigenvalue weighted by Crippen LogP contribution is -2.48. The van der Waals surface area contributed by atoms with Crippen molar-refractivity contribution in [2.45, 2.75) is 6.92 Å². The number of anilines is 1. The summed E-state index contributed by atoms with van der Waals surface area (Å²) in [7, 11) is 0. The van der Waals surface area contributed by atoms with Gasteiger partial charge in [0.15, 0.2) is 0 Å². The van der Waals surface area contributed by atoms with Crippen LogP contribution in [0.2, 0.25) is 0 Å². The Labute approximate surface area is 164 Å². The van der Waals surface area contributed by atoms with Crippen molar-refractivity contribution in [3.8, 4) is 0 Å². The van der Waals surface area contributed by atoms with E-state index in [-0.39, 0.29) is 22.3 Å². The number of amides is 1. The smallest absolute Gasteiger partial charge is 0.292 e. The third-order valence-electron chi connectivity index (χ3n) is 5.08. The Kier molecular flexibility index (Phi) is 4.72. The van der Waals surface area contributed by atoms with Crippen molar-refractivity contribution in [1.82, 2.24) is 4.90 Å². The maximum absolute atomic E-state index is 13.5. The Hall–Kier alpha value is -3.00. The number of nitro groups is 1. The predicted octanol–water partition coefficient (Wildman–Crippen LogP) is 4.22. The maximum atomic E-state index is 13.5. The van der Waals surface area contributed by atoms with Crippen LogP contribution in [-0.2, 0) is 0 Å². The minimum absolute atomic E-state index is 0.0682. The minimum atomic E-state index is -0.382. The Morgan fingerprint density at radius 3 is 2.57 bits per heavy atom. The number of aryl methyl sites for hydroxylation is 1. The third kappa shape index (κ3) is 3.20. The zero-order valence-corrected chi connectivity index (χ0v) is 16.0. The average Bonchev–Trinajstić information content (AvgIpc) is 3.03. The number of hydrogen-bond acceptors (Lipinski definition) is 5. The van der Waals surface area contributed by atoms with Crippen molar-refractivity contribution < 1.29 is 14.1 Å². The molecule has 8 heteroatoms. The molecule has 6 nitrogen and oxygen atoms in total. The largest absolute Gasteiger partial charge is 0.362 e. The van der Waals surface area contributed by atoms with Gasteiger partial charge in [-0.05, 0) is 42.1 Å². The van der Waals surface area contributed by atoms with Crippen molar-refractivity contribution in [2.75, 3.05) is 31.1 Å². The number of fused-ring (bicyclic) bond motifs is 1. The fourth-order valence-electron chi connectivity index (χ4n) is 3.58. The number of hydrogen-bond donors (Lipinski definition) is 0. The summed E-state index contributed by atoms with van der Waals surface area (Å²) in [6.45, 7) is 3.85. The summed E-state index contributed by atoms with van der Waals surface area (Å²) >= 11 is 1.38. The third-order valence-corrected chi connectivity index (χ3v) is 6.34. The van der Waals surface area contributed by atoms with Crippen molar-refractivity contribution in [3.63, 3.8) is 0 Å². The first kappa shape index (κ1) is 18.4. The van der Waals surface area contributed by atoms with Gasteiger partial charge in [0.25, 0.3) is 11.6 Å². The van der Waals surface area contributed by atoms with Gasteiger partial charge in [0.05, 0.1) is 9.80 Å². The molecule has 2 heterocycles. The lowest BCUT2D eigenvalue weighted by molar-refractivity contribution is -0.384. The van der Waals surface area contributed by atoms with Crippen molar-refractivity contribution in [2.24, 2.45) is 0 Å². The summed E-state index contributed by atoms with van der Waals surface area (Å²) in [5.41, 5.74) is 1.45. The van der Waals surface area contributed by atoms with Gasteiger partial charge in [0, 0.05) is 36.9 Å². The van der Waals surface area contributed by atoms with E-state index >= 15 is 0 Å². The topological polar surface area (TPSA) is 66.7 Å². The molecule has 28 heavy (non-hydrogen) atoms. The molecule has 0 N–H and O–H groups in total. The molecular formula is C20H18FN3O3S. The molecule has 0 atom stereocenters. The van der Waals surface area contributed by atoms with Crippen LogP contribution in [0.25, 0.3) is 10.1 Å². The Morgan fingerprint density at radius 1 is 1.14 bits per heavy atom. The van der Waals surface area contributed by atoms with Crippen LogP contribution in [-0.4, -0.2) is 41.9 Å². The van der Waals surface area contributed by atoms with Gasteiger partial charge < -0.3 is 9.80 Å². The number of rotatable bonds is 3. The first-order chi connectivity index (χ1) is 13.5. The van der Waals surface area contributed by atoms with Gasteiger partial charge >= 0.3 is 0 Å². The van der Waals surface area contributed by atoms with Crippen LogP contribution < -0.4 is 4.90 Å². The van der Waals surface area contributed by atoms with Crippen LogP contribution in [0, 0.1) is 22.9 Å². The molecule has 1 amide bonds. The molecule has 1 aromatic heterocycles. The van der Waals surface area contributed by atoms with E-state index in [0.29, 0.717) is 36.7 Å². The molecular weight excluding hydrogens is 381 g/mol. The quantitative estimate of drug-likeness (QED) is 0.489. The monoisotopic (exact) mass is 399 g/mol. The highest BCUT2D eigenvalue weighted by Gasteiger charge is 2.27. The summed E-state index contributed by atoms with van der Waals surface area (Å²) in [4.78, 5) is 28.2. The van der Waals surface area contributed by atoms with Gasteiger partial charge in [-0.1, -0.05) is 12.1 Å². The van der Waals surface area contributed by atoms with Crippen molar-refractivity contribution in [3.05, 3.63) is 68.8 Å². The Morgan fingerprint density at radius 2 is 1.86 bits per heavy atom. The van der Waals surface area contributed by atoms with Crippen LogP contribution in [0.3, 0.4) is 0 Å². The number of piperazine rings is 1. The van der Waals surface area contributed by atoms with E-state index in [1.807, 2.05) is 11.8 Å². The summed E-state index contributed by atoms with van der Waals surface area (Å²) in [5, 5.41) is 12.0. The first-order valence-corrected chi connectivity index (χ1v) is 9.73. The molecule has 2 aromatic carbocycles. The fraction of sp³-hybridized carbons (Fsp3) is 0.250. The summed E-state index contributed by atoms with van der Waals surface area (Å²) < 4.78 is 14.4. The molecule has 1 aliphatic rings. The lowest BCUT2D eigenvalue weighted by Gasteiger charge is -2.35. The highest BCUT2D eigenvalue weighted by molar-refractivity contribution is 7.21. The minimum Gasteiger partial charge on any atom is -0.362 e.